The quantitative estimate of drug-likeness (QED) is 0.368. The molecule has 0 spiro atoms. The minimum atomic E-state index is 0. The molecule has 8 heteroatoms. The number of thiophene rings is 1. The Morgan fingerprint density at radius 2 is 2.12 bits per heavy atom. The summed E-state index contributed by atoms with van der Waals surface area (Å²) >= 11 is 1.88. The molecule has 0 saturated heterocycles. The number of hydrogen-bond donors (Lipinski definition) is 2. The monoisotopic (exact) mass is 489 g/mol. The third-order valence-electron chi connectivity index (χ3n) is 4.87. The summed E-state index contributed by atoms with van der Waals surface area (Å²) < 4.78 is 5.14. The second-order valence-corrected chi connectivity index (χ2v) is 7.60. The van der Waals surface area contributed by atoms with E-state index in [1.165, 1.54) is 37.0 Å². The number of nitrogens with zero attached hydrogens (tertiary/aromatic N) is 3. The highest BCUT2D eigenvalue weighted by Gasteiger charge is 2.34. The zero-order chi connectivity index (χ0) is 17.5. The molecule has 2 heterocycles. The highest BCUT2D eigenvalue weighted by molar-refractivity contribution is 14.0. The first kappa shape index (κ1) is 21.1. The van der Waals surface area contributed by atoms with Crippen molar-refractivity contribution >= 4 is 41.3 Å². The molecule has 0 unspecified atom stereocenters. The molecule has 0 radical (unpaired) electrons. The number of aromatic nitrogens is 2. The summed E-state index contributed by atoms with van der Waals surface area (Å²) in [6.07, 6.45) is 7.16. The van der Waals surface area contributed by atoms with Crippen LogP contribution in [0.15, 0.2) is 27.0 Å². The zero-order valence-corrected chi connectivity index (χ0v) is 18.6. The van der Waals surface area contributed by atoms with Crippen molar-refractivity contribution in [2.45, 2.75) is 50.9 Å². The van der Waals surface area contributed by atoms with Gasteiger partial charge in [-0.05, 0) is 31.2 Å². The highest BCUT2D eigenvalue weighted by Crippen LogP contribution is 2.41. The smallest absolute Gasteiger partial charge is 0.228 e. The van der Waals surface area contributed by atoms with Crippen LogP contribution in [0.25, 0.3) is 0 Å². The molecule has 0 aliphatic heterocycles. The van der Waals surface area contributed by atoms with Crippen molar-refractivity contribution in [1.82, 2.24) is 20.8 Å². The lowest BCUT2D eigenvalue weighted by atomic mass is 9.73. The standard InChI is InChI=1S/C18H27N5OS.HI/c1-14-22-16(24-23-14)8-11-20-17(19-2)21-13-18(9-4-3-5-10-18)15-7-6-12-25-15;/h6-7,12H,3-5,8-11,13H2,1-2H3,(H2,19,20,21);1H. The molecule has 0 aromatic carbocycles. The molecule has 0 amide bonds. The maximum atomic E-state index is 5.14. The third kappa shape index (κ3) is 5.42. The van der Waals surface area contributed by atoms with E-state index in [0.29, 0.717) is 24.7 Å². The number of aryl methyl sites for hydroxylation is 1. The van der Waals surface area contributed by atoms with Crippen molar-refractivity contribution < 1.29 is 4.52 Å². The number of halogens is 1. The maximum absolute atomic E-state index is 5.14. The molecule has 0 bridgehead atoms. The summed E-state index contributed by atoms with van der Waals surface area (Å²) in [7, 11) is 1.81. The highest BCUT2D eigenvalue weighted by atomic mass is 127. The van der Waals surface area contributed by atoms with Crippen LogP contribution in [0.5, 0.6) is 0 Å². The Morgan fingerprint density at radius 1 is 1.31 bits per heavy atom. The van der Waals surface area contributed by atoms with Gasteiger partial charge in [0.05, 0.1) is 0 Å². The fourth-order valence-electron chi connectivity index (χ4n) is 3.52. The molecule has 1 fully saturated rings. The summed E-state index contributed by atoms with van der Waals surface area (Å²) in [4.78, 5) is 10.1. The molecule has 26 heavy (non-hydrogen) atoms. The SMILES string of the molecule is CN=C(NCCc1nc(C)no1)NCC1(c2cccs2)CCCCC1.I. The lowest BCUT2D eigenvalue weighted by Gasteiger charge is -2.37. The van der Waals surface area contributed by atoms with Crippen molar-refractivity contribution in [2.75, 3.05) is 20.1 Å². The van der Waals surface area contributed by atoms with Crippen molar-refractivity contribution in [3.63, 3.8) is 0 Å². The van der Waals surface area contributed by atoms with Gasteiger partial charge in [-0.15, -0.1) is 35.3 Å². The van der Waals surface area contributed by atoms with Crippen LogP contribution in [-0.2, 0) is 11.8 Å². The number of guanidine groups is 1. The van der Waals surface area contributed by atoms with E-state index >= 15 is 0 Å². The van der Waals surface area contributed by atoms with Crippen LogP contribution >= 0.6 is 35.3 Å². The van der Waals surface area contributed by atoms with Crippen LogP contribution in [-0.4, -0.2) is 36.2 Å². The van der Waals surface area contributed by atoms with E-state index in [-0.39, 0.29) is 29.4 Å². The second-order valence-electron chi connectivity index (χ2n) is 6.66. The summed E-state index contributed by atoms with van der Waals surface area (Å²) in [5, 5.41) is 12.9. The molecule has 1 aliphatic carbocycles. The van der Waals surface area contributed by atoms with E-state index in [4.69, 9.17) is 4.52 Å². The van der Waals surface area contributed by atoms with Crippen LogP contribution in [0, 0.1) is 6.92 Å². The zero-order valence-electron chi connectivity index (χ0n) is 15.5. The van der Waals surface area contributed by atoms with Gasteiger partial charge >= 0.3 is 0 Å². The predicted molar refractivity (Wildman–Crippen MR) is 117 cm³/mol. The second kappa shape index (κ2) is 10.2. The van der Waals surface area contributed by atoms with Gasteiger partial charge in [0.2, 0.25) is 5.89 Å². The van der Waals surface area contributed by atoms with Gasteiger partial charge in [0.25, 0.3) is 0 Å². The maximum Gasteiger partial charge on any atom is 0.228 e. The minimum Gasteiger partial charge on any atom is -0.356 e. The number of rotatable bonds is 6. The molecular formula is C18H28IN5OS. The van der Waals surface area contributed by atoms with Crippen LogP contribution < -0.4 is 10.6 Å². The van der Waals surface area contributed by atoms with Crippen LogP contribution in [0.4, 0.5) is 0 Å². The van der Waals surface area contributed by atoms with E-state index in [1.54, 1.807) is 0 Å². The van der Waals surface area contributed by atoms with Crippen molar-refractivity contribution in [3.8, 4) is 0 Å². The largest absolute Gasteiger partial charge is 0.356 e. The summed E-state index contributed by atoms with van der Waals surface area (Å²) in [5.74, 6) is 2.16. The fraction of sp³-hybridized carbons (Fsp3) is 0.611. The van der Waals surface area contributed by atoms with E-state index in [0.717, 1.165) is 12.5 Å². The lowest BCUT2D eigenvalue weighted by molar-refractivity contribution is 0.296. The minimum absolute atomic E-state index is 0. The van der Waals surface area contributed by atoms with Gasteiger partial charge in [-0.3, -0.25) is 4.99 Å². The Morgan fingerprint density at radius 3 is 2.73 bits per heavy atom. The summed E-state index contributed by atoms with van der Waals surface area (Å²) in [5.41, 5.74) is 0.244. The lowest BCUT2D eigenvalue weighted by Crippen LogP contribution is -2.46. The van der Waals surface area contributed by atoms with E-state index in [9.17, 15) is 0 Å². The van der Waals surface area contributed by atoms with Crippen LogP contribution in [0.3, 0.4) is 0 Å². The first-order valence-corrected chi connectivity index (χ1v) is 9.87. The topological polar surface area (TPSA) is 75.3 Å². The van der Waals surface area contributed by atoms with Gasteiger partial charge in [-0.1, -0.05) is 30.5 Å². The molecule has 3 rings (SSSR count). The van der Waals surface area contributed by atoms with Gasteiger partial charge in [-0.25, -0.2) is 0 Å². The predicted octanol–water partition coefficient (Wildman–Crippen LogP) is 3.67. The van der Waals surface area contributed by atoms with Gasteiger partial charge in [0.15, 0.2) is 11.8 Å². The van der Waals surface area contributed by atoms with Crippen LogP contribution in [0.2, 0.25) is 0 Å². The van der Waals surface area contributed by atoms with E-state index in [1.807, 2.05) is 25.3 Å². The van der Waals surface area contributed by atoms with E-state index in [2.05, 4.69) is 43.3 Å². The molecule has 2 aromatic heterocycles. The van der Waals surface area contributed by atoms with Gasteiger partial charge < -0.3 is 15.2 Å². The molecule has 1 aliphatic rings. The van der Waals surface area contributed by atoms with Crippen molar-refractivity contribution in [3.05, 3.63) is 34.1 Å². The Bertz CT molecular complexity index is 680. The third-order valence-corrected chi connectivity index (χ3v) is 5.99. The van der Waals surface area contributed by atoms with Crippen LogP contribution in [0.1, 0.15) is 48.7 Å². The number of nitrogens with one attached hydrogen (secondary N) is 2. The fourth-order valence-corrected chi connectivity index (χ4v) is 4.51. The van der Waals surface area contributed by atoms with Crippen molar-refractivity contribution in [2.24, 2.45) is 4.99 Å². The summed E-state index contributed by atoms with van der Waals surface area (Å²) in [6.45, 7) is 3.47. The number of hydrogen-bond acceptors (Lipinski definition) is 5. The van der Waals surface area contributed by atoms with Crippen molar-refractivity contribution in [1.29, 1.82) is 0 Å². The Hall–Kier alpha value is -1.16. The molecule has 2 aromatic rings. The Kier molecular flexibility index (Phi) is 8.33. The van der Waals surface area contributed by atoms with E-state index < -0.39 is 0 Å². The first-order valence-electron chi connectivity index (χ1n) is 8.99. The summed E-state index contributed by atoms with van der Waals surface area (Å²) in [6, 6.07) is 4.45. The molecule has 1 saturated carbocycles. The molecular weight excluding hydrogens is 461 g/mol. The van der Waals surface area contributed by atoms with Gasteiger partial charge in [-0.2, -0.15) is 4.98 Å². The normalized spacial score (nSPS) is 16.8. The molecule has 0 atom stereocenters. The average Bonchev–Trinajstić information content (AvgIpc) is 3.31. The molecule has 2 N–H and O–H groups in total. The Labute approximate surface area is 176 Å². The first-order chi connectivity index (χ1) is 12.2. The molecule has 144 valence electrons. The molecule has 6 nitrogen and oxygen atoms in total. The van der Waals surface area contributed by atoms with Gasteiger partial charge in [0.1, 0.15) is 0 Å². The average molecular weight is 489 g/mol. The van der Waals surface area contributed by atoms with Gasteiger partial charge in [0, 0.05) is 36.9 Å². The Balaban J connectivity index is 0.00000243. The number of aliphatic imine (C=N–C) groups is 1.